The molecular weight excluding hydrogens is 382 g/mol. The highest BCUT2D eigenvalue weighted by Gasteiger charge is 2.40. The average Bonchev–Trinajstić information content (AvgIpc) is 2.74. The van der Waals surface area contributed by atoms with Gasteiger partial charge in [-0.2, -0.15) is 0 Å². The zero-order valence-electron chi connectivity index (χ0n) is 18.1. The maximum absolute atomic E-state index is 13.1. The van der Waals surface area contributed by atoms with Gasteiger partial charge in [-0.05, 0) is 39.2 Å². The summed E-state index contributed by atoms with van der Waals surface area (Å²) in [6.07, 6.45) is 2.96. The maximum Gasteiger partial charge on any atom is 0.336 e. The third kappa shape index (κ3) is 4.75. The largest absolute Gasteiger partial charge is 0.493 e. The van der Waals surface area contributed by atoms with Crippen LogP contribution in [-0.2, 0) is 19.1 Å². The quantitative estimate of drug-likeness (QED) is 0.487. The molecule has 6 heteroatoms. The molecule has 1 N–H and O–H groups in total. The molecule has 0 bridgehead atoms. The van der Waals surface area contributed by atoms with Crippen molar-refractivity contribution in [3.63, 3.8) is 0 Å². The van der Waals surface area contributed by atoms with Gasteiger partial charge in [0.25, 0.3) is 0 Å². The van der Waals surface area contributed by atoms with Gasteiger partial charge < -0.3 is 19.5 Å². The molecule has 2 aliphatic rings. The van der Waals surface area contributed by atoms with E-state index in [1.165, 1.54) is 0 Å². The number of hydrogen-bond donors (Lipinski definition) is 1. The molecular formula is C24H31NO5. The minimum Gasteiger partial charge on any atom is -0.493 e. The van der Waals surface area contributed by atoms with E-state index in [0.29, 0.717) is 43.1 Å². The maximum atomic E-state index is 13.1. The zero-order chi connectivity index (χ0) is 21.5. The Morgan fingerprint density at radius 2 is 1.93 bits per heavy atom. The van der Waals surface area contributed by atoms with Crippen molar-refractivity contribution in [2.24, 2.45) is 0 Å². The first-order valence-corrected chi connectivity index (χ1v) is 10.8. The molecule has 1 unspecified atom stereocenters. The van der Waals surface area contributed by atoms with Crippen LogP contribution in [0.5, 0.6) is 5.75 Å². The van der Waals surface area contributed by atoms with E-state index in [1.54, 1.807) is 0 Å². The summed E-state index contributed by atoms with van der Waals surface area (Å²) < 4.78 is 16.8. The topological polar surface area (TPSA) is 73.9 Å². The highest BCUT2D eigenvalue weighted by atomic mass is 16.6. The summed E-state index contributed by atoms with van der Waals surface area (Å²) in [5.74, 6) is -0.156. The Morgan fingerprint density at radius 3 is 2.70 bits per heavy atom. The third-order valence-electron chi connectivity index (χ3n) is 5.35. The summed E-state index contributed by atoms with van der Waals surface area (Å²) in [6, 6.07) is 7.66. The van der Waals surface area contributed by atoms with Gasteiger partial charge in [-0.3, -0.25) is 4.79 Å². The predicted octanol–water partition coefficient (Wildman–Crippen LogP) is 4.02. The van der Waals surface area contributed by atoms with E-state index in [4.69, 9.17) is 14.2 Å². The number of carbonyl (C=O) groups is 2. The lowest BCUT2D eigenvalue weighted by Gasteiger charge is -2.34. The van der Waals surface area contributed by atoms with E-state index in [-0.39, 0.29) is 12.4 Å². The first kappa shape index (κ1) is 22.1. The fourth-order valence-electron chi connectivity index (χ4n) is 4.04. The molecule has 162 valence electrons. The van der Waals surface area contributed by atoms with Crippen LogP contribution in [0.4, 0.5) is 0 Å². The van der Waals surface area contributed by atoms with Crippen molar-refractivity contribution >= 4 is 11.8 Å². The number of dihydropyridines is 1. The number of nitrogens with one attached hydrogen (secondary N) is 1. The van der Waals surface area contributed by atoms with Gasteiger partial charge in [-0.15, -0.1) is 0 Å². The highest BCUT2D eigenvalue weighted by Crippen LogP contribution is 2.45. The van der Waals surface area contributed by atoms with Gasteiger partial charge in [-0.1, -0.05) is 25.1 Å². The number of rotatable bonds is 9. The summed E-state index contributed by atoms with van der Waals surface area (Å²) in [6.45, 7) is 7.45. The van der Waals surface area contributed by atoms with E-state index < -0.39 is 11.9 Å². The van der Waals surface area contributed by atoms with Crippen LogP contribution in [0.3, 0.4) is 0 Å². The van der Waals surface area contributed by atoms with Crippen LogP contribution in [0.25, 0.3) is 0 Å². The lowest BCUT2D eigenvalue weighted by Crippen LogP contribution is -2.34. The van der Waals surface area contributed by atoms with Crippen LogP contribution in [0.1, 0.15) is 57.9 Å². The zero-order valence-corrected chi connectivity index (χ0v) is 18.1. The SMILES string of the molecule is CCCOc1ccccc1C1C(C(=O)OCCOCC)=C(C)NC2=C1C(=O)CCC2. The van der Waals surface area contributed by atoms with Crippen molar-refractivity contribution in [3.05, 3.63) is 52.4 Å². The molecule has 0 saturated heterocycles. The molecule has 1 heterocycles. The summed E-state index contributed by atoms with van der Waals surface area (Å²) in [4.78, 5) is 26.1. The van der Waals surface area contributed by atoms with Gasteiger partial charge in [0.15, 0.2) is 5.78 Å². The molecule has 6 nitrogen and oxygen atoms in total. The standard InChI is InChI=1S/C24H31NO5/c1-4-13-29-20-12-7-6-9-17(20)22-21(24(27)30-15-14-28-5-2)16(3)25-18-10-8-11-19(26)23(18)22/h6-7,9,12,22,25H,4-5,8,10-11,13-15H2,1-3H3. The van der Waals surface area contributed by atoms with Gasteiger partial charge in [0.2, 0.25) is 0 Å². The molecule has 30 heavy (non-hydrogen) atoms. The summed E-state index contributed by atoms with van der Waals surface area (Å²) in [5, 5.41) is 3.31. The first-order chi connectivity index (χ1) is 14.6. The number of ether oxygens (including phenoxy) is 3. The van der Waals surface area contributed by atoms with Crippen LogP contribution < -0.4 is 10.1 Å². The van der Waals surface area contributed by atoms with Crippen molar-refractivity contribution in [2.75, 3.05) is 26.4 Å². The average molecular weight is 414 g/mol. The number of esters is 1. The first-order valence-electron chi connectivity index (χ1n) is 10.8. The molecule has 1 aliphatic heterocycles. The second kappa shape index (κ2) is 10.4. The molecule has 1 aromatic carbocycles. The van der Waals surface area contributed by atoms with E-state index in [2.05, 4.69) is 5.32 Å². The van der Waals surface area contributed by atoms with Crippen LogP contribution in [-0.4, -0.2) is 38.2 Å². The molecule has 1 atom stereocenters. The van der Waals surface area contributed by atoms with E-state index in [1.807, 2.05) is 45.0 Å². The van der Waals surface area contributed by atoms with Crippen LogP contribution >= 0.6 is 0 Å². The number of benzene rings is 1. The third-order valence-corrected chi connectivity index (χ3v) is 5.35. The molecule has 3 rings (SSSR count). The van der Waals surface area contributed by atoms with E-state index in [9.17, 15) is 9.59 Å². The molecule has 0 amide bonds. The van der Waals surface area contributed by atoms with Gasteiger partial charge in [-0.25, -0.2) is 4.79 Å². The highest BCUT2D eigenvalue weighted by molar-refractivity contribution is 6.04. The fourth-order valence-corrected chi connectivity index (χ4v) is 4.04. The molecule has 0 fully saturated rings. The minimum atomic E-state index is -0.498. The molecule has 0 saturated carbocycles. The Kier molecular flexibility index (Phi) is 7.69. The smallest absolute Gasteiger partial charge is 0.336 e. The Balaban J connectivity index is 2.03. The Morgan fingerprint density at radius 1 is 1.13 bits per heavy atom. The van der Waals surface area contributed by atoms with E-state index in [0.717, 1.165) is 36.2 Å². The number of carbonyl (C=O) groups excluding carboxylic acids is 2. The van der Waals surface area contributed by atoms with Crippen LogP contribution in [0.2, 0.25) is 0 Å². The summed E-state index contributed by atoms with van der Waals surface area (Å²) in [7, 11) is 0. The minimum absolute atomic E-state index is 0.0751. The number of ketones is 1. The second-order valence-electron chi connectivity index (χ2n) is 7.48. The Bertz CT molecular complexity index is 855. The molecule has 0 spiro atoms. The van der Waals surface area contributed by atoms with Gasteiger partial charge >= 0.3 is 5.97 Å². The fraction of sp³-hybridized carbons (Fsp3) is 0.500. The predicted molar refractivity (Wildman–Crippen MR) is 114 cm³/mol. The van der Waals surface area contributed by atoms with Crippen molar-refractivity contribution in [3.8, 4) is 5.75 Å². The second-order valence-corrected chi connectivity index (χ2v) is 7.48. The van der Waals surface area contributed by atoms with Crippen molar-refractivity contribution in [2.45, 2.75) is 52.4 Å². The number of para-hydroxylation sites is 1. The molecule has 1 aliphatic carbocycles. The Labute approximate surface area is 178 Å². The summed E-state index contributed by atoms with van der Waals surface area (Å²) in [5.41, 5.74) is 3.58. The van der Waals surface area contributed by atoms with Gasteiger partial charge in [0.1, 0.15) is 12.4 Å². The lowest BCUT2D eigenvalue weighted by atomic mass is 9.75. The Hall–Kier alpha value is -2.60. The van der Waals surface area contributed by atoms with Crippen LogP contribution in [0, 0.1) is 0 Å². The molecule has 0 aromatic heterocycles. The number of hydrogen-bond acceptors (Lipinski definition) is 6. The van der Waals surface area contributed by atoms with Crippen LogP contribution in [0.15, 0.2) is 46.8 Å². The molecule has 0 radical (unpaired) electrons. The van der Waals surface area contributed by atoms with E-state index >= 15 is 0 Å². The van der Waals surface area contributed by atoms with Gasteiger partial charge in [0.05, 0.1) is 24.7 Å². The summed E-state index contributed by atoms with van der Waals surface area (Å²) >= 11 is 0. The molecule has 1 aromatic rings. The van der Waals surface area contributed by atoms with Crippen molar-refractivity contribution in [1.29, 1.82) is 0 Å². The lowest BCUT2D eigenvalue weighted by molar-refractivity contribution is -0.140. The normalized spacial score (nSPS) is 18.8. The van der Waals surface area contributed by atoms with Gasteiger partial charge in [0, 0.05) is 35.6 Å². The number of allylic oxidation sites excluding steroid dienone is 3. The van der Waals surface area contributed by atoms with Crippen molar-refractivity contribution < 1.29 is 23.8 Å². The number of Topliss-reactive ketones (excluding diaryl/α,β-unsaturated/α-hetero) is 1. The van der Waals surface area contributed by atoms with Crippen molar-refractivity contribution in [1.82, 2.24) is 5.32 Å². The monoisotopic (exact) mass is 413 g/mol.